The Kier molecular flexibility index (Phi) is 6.31. The zero-order valence-corrected chi connectivity index (χ0v) is 17.2. The zero-order valence-electron chi connectivity index (χ0n) is 15.5. The number of sulfonamides is 1. The number of anilines is 1. The molecule has 0 aliphatic carbocycles. The Bertz CT molecular complexity index is 916. The van der Waals surface area contributed by atoms with E-state index >= 15 is 0 Å². The largest absolute Gasteiger partial charge is 0.379 e. The predicted molar refractivity (Wildman–Crippen MR) is 107 cm³/mol. The molecule has 27 heavy (non-hydrogen) atoms. The maximum atomic E-state index is 12.7. The molecule has 1 N–H and O–H groups in total. The Balaban J connectivity index is 1.70. The van der Waals surface area contributed by atoms with Gasteiger partial charge < -0.3 is 10.1 Å². The normalized spacial score (nSPS) is 15.6. The fourth-order valence-electron chi connectivity index (χ4n) is 3.05. The van der Waals surface area contributed by atoms with Crippen molar-refractivity contribution in [1.29, 1.82) is 0 Å². The number of thiophene rings is 1. The van der Waals surface area contributed by atoms with Gasteiger partial charge in [-0.1, -0.05) is 25.1 Å². The number of carbonyl (C=O) groups is 1. The fourth-order valence-corrected chi connectivity index (χ4v) is 5.97. The van der Waals surface area contributed by atoms with E-state index in [9.17, 15) is 13.2 Å². The highest BCUT2D eigenvalue weighted by Gasteiger charge is 2.28. The van der Waals surface area contributed by atoms with Crippen LogP contribution in [0.3, 0.4) is 0 Å². The first-order valence-electron chi connectivity index (χ1n) is 8.96. The maximum absolute atomic E-state index is 12.7. The Morgan fingerprint density at radius 2 is 1.96 bits per heavy atom. The van der Waals surface area contributed by atoms with Crippen LogP contribution in [0.25, 0.3) is 0 Å². The topological polar surface area (TPSA) is 75.7 Å². The number of benzene rings is 1. The highest BCUT2D eigenvalue weighted by molar-refractivity contribution is 7.91. The molecule has 8 heteroatoms. The first-order chi connectivity index (χ1) is 12.9. The van der Waals surface area contributed by atoms with Gasteiger partial charge >= 0.3 is 0 Å². The van der Waals surface area contributed by atoms with Crippen LogP contribution in [0.15, 0.2) is 34.5 Å². The van der Waals surface area contributed by atoms with Gasteiger partial charge in [-0.15, -0.1) is 11.3 Å². The molecule has 1 fully saturated rings. The Hall–Kier alpha value is -1.74. The van der Waals surface area contributed by atoms with Gasteiger partial charge in [-0.05, 0) is 36.6 Å². The third-order valence-electron chi connectivity index (χ3n) is 4.54. The Labute approximate surface area is 164 Å². The quantitative estimate of drug-likeness (QED) is 0.797. The molecule has 0 unspecified atom stereocenters. The molecule has 6 nitrogen and oxygen atoms in total. The standard InChI is InChI=1S/C19H24N2O4S2/c1-3-15-6-4-5-14(2)19(15)20-17(22)13-16-7-8-18(26-16)27(23,24)21-9-11-25-12-10-21/h4-8H,3,9-13H2,1-2H3,(H,20,22). The van der Waals surface area contributed by atoms with Gasteiger partial charge in [0.25, 0.3) is 10.0 Å². The Morgan fingerprint density at radius 1 is 1.22 bits per heavy atom. The number of hydrogen-bond donors (Lipinski definition) is 1. The molecular weight excluding hydrogens is 384 g/mol. The van der Waals surface area contributed by atoms with E-state index in [4.69, 9.17) is 4.74 Å². The molecule has 146 valence electrons. The van der Waals surface area contributed by atoms with Crippen molar-refractivity contribution in [2.24, 2.45) is 0 Å². The third-order valence-corrected chi connectivity index (χ3v) is 7.99. The van der Waals surface area contributed by atoms with Gasteiger partial charge in [0.15, 0.2) is 0 Å². The minimum absolute atomic E-state index is 0.142. The smallest absolute Gasteiger partial charge is 0.252 e. The van der Waals surface area contributed by atoms with E-state index in [1.54, 1.807) is 12.1 Å². The van der Waals surface area contributed by atoms with E-state index in [1.807, 2.05) is 32.0 Å². The molecule has 1 aliphatic heterocycles. The average Bonchev–Trinajstić information content (AvgIpc) is 3.13. The molecule has 2 heterocycles. The van der Waals surface area contributed by atoms with E-state index in [2.05, 4.69) is 5.32 Å². The number of hydrogen-bond acceptors (Lipinski definition) is 5. The highest BCUT2D eigenvalue weighted by atomic mass is 32.2. The monoisotopic (exact) mass is 408 g/mol. The third kappa shape index (κ3) is 4.57. The summed E-state index contributed by atoms with van der Waals surface area (Å²) in [5.41, 5.74) is 2.96. The maximum Gasteiger partial charge on any atom is 0.252 e. The SMILES string of the molecule is CCc1cccc(C)c1NC(=O)Cc1ccc(S(=O)(=O)N2CCOCC2)s1. The van der Waals surface area contributed by atoms with E-state index in [1.165, 1.54) is 4.31 Å². The molecule has 0 atom stereocenters. The molecule has 0 bridgehead atoms. The molecule has 1 aromatic carbocycles. The van der Waals surface area contributed by atoms with Crippen molar-refractivity contribution in [3.05, 3.63) is 46.3 Å². The van der Waals surface area contributed by atoms with Crippen LogP contribution in [-0.4, -0.2) is 44.9 Å². The van der Waals surface area contributed by atoms with Gasteiger partial charge in [-0.25, -0.2) is 8.42 Å². The lowest BCUT2D eigenvalue weighted by molar-refractivity contribution is -0.115. The minimum Gasteiger partial charge on any atom is -0.379 e. The van der Waals surface area contributed by atoms with Crippen molar-refractivity contribution in [2.45, 2.75) is 30.9 Å². The van der Waals surface area contributed by atoms with Crippen LogP contribution >= 0.6 is 11.3 Å². The molecule has 3 rings (SSSR count). The summed E-state index contributed by atoms with van der Waals surface area (Å²) in [4.78, 5) is 13.2. The molecule has 1 aromatic heterocycles. The molecule has 1 saturated heterocycles. The Morgan fingerprint density at radius 3 is 2.67 bits per heavy atom. The number of carbonyl (C=O) groups excluding carboxylic acids is 1. The number of aryl methyl sites for hydroxylation is 2. The summed E-state index contributed by atoms with van der Waals surface area (Å²) in [6, 6.07) is 9.25. The lowest BCUT2D eigenvalue weighted by Crippen LogP contribution is -2.40. The van der Waals surface area contributed by atoms with Crippen LogP contribution in [0, 0.1) is 6.92 Å². The minimum atomic E-state index is -3.51. The summed E-state index contributed by atoms with van der Waals surface area (Å²) < 4.78 is 32.3. The number of nitrogens with one attached hydrogen (secondary N) is 1. The summed E-state index contributed by atoms with van der Waals surface area (Å²) in [6.45, 7) is 5.57. The van der Waals surface area contributed by atoms with Crippen molar-refractivity contribution >= 4 is 33.0 Å². The number of rotatable bonds is 6. The van der Waals surface area contributed by atoms with Gasteiger partial charge in [0, 0.05) is 23.7 Å². The second-order valence-electron chi connectivity index (χ2n) is 6.42. The lowest BCUT2D eigenvalue weighted by Gasteiger charge is -2.25. The van der Waals surface area contributed by atoms with Gasteiger partial charge in [0.1, 0.15) is 4.21 Å². The fraction of sp³-hybridized carbons (Fsp3) is 0.421. The first kappa shape index (κ1) is 20.0. The lowest BCUT2D eigenvalue weighted by atomic mass is 10.1. The van der Waals surface area contributed by atoms with E-state index in [0.717, 1.165) is 39.4 Å². The van der Waals surface area contributed by atoms with Gasteiger partial charge in [-0.3, -0.25) is 4.79 Å². The number of amides is 1. The van der Waals surface area contributed by atoms with Crippen molar-refractivity contribution < 1.29 is 17.9 Å². The van der Waals surface area contributed by atoms with E-state index in [0.29, 0.717) is 26.3 Å². The van der Waals surface area contributed by atoms with Gasteiger partial charge in [0.05, 0.1) is 19.6 Å². The van der Waals surface area contributed by atoms with Crippen molar-refractivity contribution in [3.8, 4) is 0 Å². The summed E-state index contributed by atoms with van der Waals surface area (Å²) in [5.74, 6) is -0.142. The summed E-state index contributed by atoms with van der Waals surface area (Å²) in [6.07, 6.45) is 0.985. The molecule has 0 saturated carbocycles. The first-order valence-corrected chi connectivity index (χ1v) is 11.2. The van der Waals surface area contributed by atoms with Crippen molar-refractivity contribution in [1.82, 2.24) is 4.31 Å². The van der Waals surface area contributed by atoms with Crippen molar-refractivity contribution in [3.63, 3.8) is 0 Å². The number of ether oxygens (including phenoxy) is 1. The predicted octanol–water partition coefficient (Wildman–Crippen LogP) is 2.82. The molecule has 1 amide bonds. The summed E-state index contributed by atoms with van der Waals surface area (Å²) in [7, 11) is -3.51. The number of para-hydroxylation sites is 1. The molecule has 0 spiro atoms. The molecule has 2 aromatic rings. The van der Waals surface area contributed by atoms with Crippen LogP contribution in [0.5, 0.6) is 0 Å². The van der Waals surface area contributed by atoms with Crippen LogP contribution in [0.1, 0.15) is 22.9 Å². The van der Waals surface area contributed by atoms with Crippen LogP contribution in [-0.2, 0) is 32.4 Å². The van der Waals surface area contributed by atoms with E-state index in [-0.39, 0.29) is 16.5 Å². The van der Waals surface area contributed by atoms with Crippen LogP contribution in [0.2, 0.25) is 0 Å². The summed E-state index contributed by atoms with van der Waals surface area (Å²) >= 11 is 1.16. The second-order valence-corrected chi connectivity index (χ2v) is 9.76. The molecule has 0 radical (unpaired) electrons. The number of morpholine rings is 1. The molecule has 1 aliphatic rings. The van der Waals surface area contributed by atoms with E-state index < -0.39 is 10.0 Å². The van der Waals surface area contributed by atoms with Gasteiger partial charge in [-0.2, -0.15) is 4.31 Å². The molecular formula is C19H24N2O4S2. The highest BCUT2D eigenvalue weighted by Crippen LogP contribution is 2.27. The van der Waals surface area contributed by atoms with Crippen LogP contribution < -0.4 is 5.32 Å². The number of nitrogens with zero attached hydrogens (tertiary/aromatic N) is 1. The van der Waals surface area contributed by atoms with Crippen molar-refractivity contribution in [2.75, 3.05) is 31.6 Å². The summed E-state index contributed by atoms with van der Waals surface area (Å²) in [5, 5.41) is 2.98. The zero-order chi connectivity index (χ0) is 19.4. The van der Waals surface area contributed by atoms with Crippen LogP contribution in [0.4, 0.5) is 5.69 Å². The average molecular weight is 409 g/mol. The van der Waals surface area contributed by atoms with Gasteiger partial charge in [0.2, 0.25) is 5.91 Å². The second kappa shape index (κ2) is 8.52.